The first kappa shape index (κ1) is 14.0. The molecule has 2 heterocycles. The number of hydrogen-bond acceptors (Lipinski definition) is 3. The van der Waals surface area contributed by atoms with Crippen LogP contribution in [0.4, 0.5) is 0 Å². The molecule has 2 aliphatic rings. The second-order valence-corrected chi connectivity index (χ2v) is 6.17. The number of allylic oxidation sites excluding steroid dienone is 2. The van der Waals surface area contributed by atoms with E-state index in [0.717, 1.165) is 38.9 Å². The third-order valence-electron chi connectivity index (χ3n) is 3.95. The van der Waals surface area contributed by atoms with Gasteiger partial charge in [0.1, 0.15) is 0 Å². The lowest BCUT2D eigenvalue weighted by Crippen LogP contribution is -2.24. The average Bonchev–Trinajstić information content (AvgIpc) is 2.69. The molecule has 3 nitrogen and oxygen atoms in total. The van der Waals surface area contributed by atoms with E-state index in [1.54, 1.807) is 0 Å². The van der Waals surface area contributed by atoms with Crippen molar-refractivity contribution in [1.82, 2.24) is 0 Å². The molecule has 1 unspecified atom stereocenters. The second kappa shape index (κ2) is 5.32. The lowest BCUT2D eigenvalue weighted by molar-refractivity contribution is -0.145. The lowest BCUT2D eigenvalue weighted by Gasteiger charge is -2.21. The summed E-state index contributed by atoms with van der Waals surface area (Å²) in [6, 6.07) is 0. The maximum atomic E-state index is 5.59. The van der Waals surface area contributed by atoms with Crippen LogP contribution < -0.4 is 0 Å². The molecule has 0 saturated carbocycles. The van der Waals surface area contributed by atoms with E-state index in [1.807, 2.05) is 6.92 Å². The molecule has 1 atom stereocenters. The predicted octanol–water partition coefficient (Wildman–Crippen LogP) is 3.43. The summed E-state index contributed by atoms with van der Waals surface area (Å²) < 4.78 is 16.8. The lowest BCUT2D eigenvalue weighted by atomic mass is 10.0. The molecular weight excluding hydrogens is 228 g/mol. The molecule has 18 heavy (non-hydrogen) atoms. The van der Waals surface area contributed by atoms with Crippen molar-refractivity contribution in [2.75, 3.05) is 13.2 Å². The highest BCUT2D eigenvalue weighted by atomic mass is 16.7. The molecule has 2 fully saturated rings. The van der Waals surface area contributed by atoms with Crippen LogP contribution in [0.3, 0.4) is 0 Å². The second-order valence-electron chi connectivity index (χ2n) is 6.17. The fourth-order valence-corrected chi connectivity index (χ4v) is 2.48. The minimum Gasteiger partial charge on any atom is -0.367 e. The molecule has 2 rings (SSSR count). The highest BCUT2D eigenvalue weighted by Gasteiger charge is 2.46. The number of hydrogen-bond donors (Lipinski definition) is 0. The van der Waals surface area contributed by atoms with Gasteiger partial charge in [0.15, 0.2) is 5.79 Å². The van der Waals surface area contributed by atoms with Gasteiger partial charge in [-0.3, -0.25) is 0 Å². The molecule has 2 saturated heterocycles. The summed E-state index contributed by atoms with van der Waals surface area (Å²) in [5.74, 6) is -0.349. The van der Waals surface area contributed by atoms with E-state index in [9.17, 15) is 0 Å². The maximum Gasteiger partial charge on any atom is 0.166 e. The van der Waals surface area contributed by atoms with Crippen molar-refractivity contribution in [2.24, 2.45) is 0 Å². The fraction of sp³-hybridized carbons (Fsp3) is 0.867. The van der Waals surface area contributed by atoms with Crippen molar-refractivity contribution in [3.05, 3.63) is 11.6 Å². The Morgan fingerprint density at radius 3 is 2.39 bits per heavy atom. The van der Waals surface area contributed by atoms with Crippen LogP contribution in [-0.2, 0) is 14.2 Å². The van der Waals surface area contributed by atoms with Gasteiger partial charge in [-0.2, -0.15) is 0 Å². The van der Waals surface area contributed by atoms with E-state index in [0.29, 0.717) is 6.10 Å². The van der Waals surface area contributed by atoms with Gasteiger partial charge < -0.3 is 14.2 Å². The van der Waals surface area contributed by atoms with Crippen molar-refractivity contribution >= 4 is 0 Å². The summed E-state index contributed by atoms with van der Waals surface area (Å²) in [6.45, 7) is 10.0. The Morgan fingerprint density at radius 2 is 1.83 bits per heavy atom. The normalized spacial score (nSPS) is 29.6. The van der Waals surface area contributed by atoms with Crippen molar-refractivity contribution in [3.8, 4) is 0 Å². The van der Waals surface area contributed by atoms with Gasteiger partial charge in [-0.05, 0) is 47.0 Å². The summed E-state index contributed by atoms with van der Waals surface area (Å²) >= 11 is 0. The van der Waals surface area contributed by atoms with Crippen LogP contribution in [0.2, 0.25) is 0 Å². The van der Waals surface area contributed by atoms with Crippen LogP contribution in [0.5, 0.6) is 0 Å². The number of rotatable bonds is 6. The highest BCUT2D eigenvalue weighted by molar-refractivity contribution is 5.02. The monoisotopic (exact) mass is 254 g/mol. The average molecular weight is 254 g/mol. The van der Waals surface area contributed by atoms with Crippen LogP contribution in [0, 0.1) is 0 Å². The smallest absolute Gasteiger partial charge is 0.166 e. The SMILES string of the molecule is C/C(=C\CCC1(C)OCCO1)CCC1OC1(C)C. The van der Waals surface area contributed by atoms with Crippen molar-refractivity contribution in [2.45, 2.75) is 70.9 Å². The molecule has 0 aromatic carbocycles. The zero-order valence-electron chi connectivity index (χ0n) is 12.1. The largest absolute Gasteiger partial charge is 0.367 e. The van der Waals surface area contributed by atoms with E-state index in [2.05, 4.69) is 26.8 Å². The van der Waals surface area contributed by atoms with Crippen molar-refractivity contribution in [1.29, 1.82) is 0 Å². The Balaban J connectivity index is 1.63. The third kappa shape index (κ3) is 3.81. The Morgan fingerprint density at radius 1 is 1.22 bits per heavy atom. The molecule has 0 amide bonds. The maximum absolute atomic E-state index is 5.59. The van der Waals surface area contributed by atoms with E-state index in [1.165, 1.54) is 5.57 Å². The molecule has 0 spiro atoms. The number of ether oxygens (including phenoxy) is 3. The van der Waals surface area contributed by atoms with Gasteiger partial charge in [-0.15, -0.1) is 0 Å². The standard InChI is InChI=1S/C15H26O3/c1-12(7-8-13-14(2,3)18-13)6-5-9-15(4)16-10-11-17-15/h6,13H,5,7-11H2,1-4H3/b12-6+. The molecule has 104 valence electrons. The van der Waals surface area contributed by atoms with Crippen molar-refractivity contribution in [3.63, 3.8) is 0 Å². The van der Waals surface area contributed by atoms with Crippen molar-refractivity contribution < 1.29 is 14.2 Å². The van der Waals surface area contributed by atoms with Gasteiger partial charge in [0.2, 0.25) is 0 Å². The summed E-state index contributed by atoms with van der Waals surface area (Å²) in [4.78, 5) is 0. The highest BCUT2D eigenvalue weighted by Crippen LogP contribution is 2.39. The third-order valence-corrected chi connectivity index (χ3v) is 3.95. The van der Waals surface area contributed by atoms with Gasteiger partial charge in [-0.25, -0.2) is 0 Å². The van der Waals surface area contributed by atoms with Crippen LogP contribution >= 0.6 is 0 Å². The minimum atomic E-state index is -0.349. The zero-order chi connectivity index (χ0) is 13.2. The van der Waals surface area contributed by atoms with Gasteiger partial charge in [0.05, 0.1) is 24.9 Å². The molecular formula is C15H26O3. The Hall–Kier alpha value is -0.380. The van der Waals surface area contributed by atoms with Crippen LogP contribution in [0.25, 0.3) is 0 Å². The molecule has 0 N–H and O–H groups in total. The topological polar surface area (TPSA) is 31.0 Å². The first-order chi connectivity index (χ1) is 8.41. The molecule has 2 aliphatic heterocycles. The quantitative estimate of drug-likeness (QED) is 0.537. The van der Waals surface area contributed by atoms with E-state index in [-0.39, 0.29) is 11.4 Å². The van der Waals surface area contributed by atoms with Crippen LogP contribution in [0.1, 0.15) is 53.4 Å². The first-order valence-corrected chi connectivity index (χ1v) is 7.03. The molecule has 0 radical (unpaired) electrons. The molecule has 0 bridgehead atoms. The molecule has 0 aromatic heterocycles. The van der Waals surface area contributed by atoms with Gasteiger partial charge in [0.25, 0.3) is 0 Å². The van der Waals surface area contributed by atoms with Crippen LogP contribution in [0.15, 0.2) is 11.6 Å². The number of epoxide rings is 1. The summed E-state index contributed by atoms with van der Waals surface area (Å²) in [5.41, 5.74) is 1.57. The minimum absolute atomic E-state index is 0.124. The molecule has 0 aliphatic carbocycles. The van der Waals surface area contributed by atoms with Crippen LogP contribution in [-0.4, -0.2) is 30.7 Å². The predicted molar refractivity (Wildman–Crippen MR) is 71.5 cm³/mol. The van der Waals surface area contributed by atoms with Gasteiger partial charge in [0, 0.05) is 6.42 Å². The van der Waals surface area contributed by atoms with Gasteiger partial charge in [-0.1, -0.05) is 11.6 Å². The summed E-state index contributed by atoms with van der Waals surface area (Å²) in [5, 5.41) is 0. The van der Waals surface area contributed by atoms with Gasteiger partial charge >= 0.3 is 0 Å². The Bertz CT molecular complexity index is 314. The Labute approximate surface area is 110 Å². The van der Waals surface area contributed by atoms with E-state index >= 15 is 0 Å². The van der Waals surface area contributed by atoms with E-state index in [4.69, 9.17) is 14.2 Å². The fourth-order valence-electron chi connectivity index (χ4n) is 2.48. The zero-order valence-corrected chi connectivity index (χ0v) is 12.1. The van der Waals surface area contributed by atoms with E-state index < -0.39 is 0 Å². The summed E-state index contributed by atoms with van der Waals surface area (Å²) in [6.07, 6.45) is 7.00. The summed E-state index contributed by atoms with van der Waals surface area (Å²) in [7, 11) is 0. The molecule has 3 heteroatoms. The Kier molecular flexibility index (Phi) is 4.15. The molecule has 0 aromatic rings. The first-order valence-electron chi connectivity index (χ1n) is 7.03.